The van der Waals surface area contributed by atoms with Gasteiger partial charge in [-0.2, -0.15) is 0 Å². The van der Waals surface area contributed by atoms with Crippen LogP contribution in [0.3, 0.4) is 0 Å². The van der Waals surface area contributed by atoms with Crippen LogP contribution in [0.4, 0.5) is 15.0 Å². The molecule has 46 heavy (non-hydrogen) atoms. The summed E-state index contributed by atoms with van der Waals surface area (Å²) in [6.45, 7) is 10.5. The van der Waals surface area contributed by atoms with Crippen molar-refractivity contribution in [1.82, 2.24) is 9.71 Å². The number of hydrogen-bond acceptors (Lipinski definition) is 9. The largest absolute Gasteiger partial charge is 0.459 e. The minimum atomic E-state index is -4.14. The molecule has 1 aromatic heterocycles. The van der Waals surface area contributed by atoms with E-state index in [9.17, 15) is 22.4 Å². The number of benzene rings is 2. The van der Waals surface area contributed by atoms with Crippen LogP contribution in [0.5, 0.6) is 0 Å². The Hall–Kier alpha value is -3.81. The van der Waals surface area contributed by atoms with Crippen molar-refractivity contribution in [3.05, 3.63) is 89.4 Å². The number of carbonyl (C=O) groups is 2. The smallest absolute Gasteiger partial charge is 0.416 e. The minimum Gasteiger partial charge on any atom is -0.459 e. The normalized spacial score (nSPS) is 14.4. The Morgan fingerprint density at radius 2 is 1.61 bits per heavy atom. The standard InChI is InChI=1S/C33H39FN4O6S2/c1-32(2,3)43-29(39)21-38(31(40)44-33(4,5)6)28-9-7-8-26(36-28)27(37-46(41,42)25-16-14-24(34)15-17-25)20-22-10-12-23(13-11-22)30-35-18-19-45-30/h7-17,27,37H,18-21H2,1-6H3. The predicted octanol–water partition coefficient (Wildman–Crippen LogP) is 6.06. The molecule has 2 heterocycles. The van der Waals surface area contributed by atoms with Crippen molar-refractivity contribution >= 4 is 44.7 Å². The quantitative estimate of drug-likeness (QED) is 0.258. The summed E-state index contributed by atoms with van der Waals surface area (Å²) in [5.74, 6) is -0.248. The molecule has 1 unspecified atom stereocenters. The van der Waals surface area contributed by atoms with Gasteiger partial charge in [0.1, 0.15) is 29.4 Å². The van der Waals surface area contributed by atoms with Gasteiger partial charge >= 0.3 is 12.1 Å². The number of anilines is 1. The number of halogens is 1. The molecule has 1 amide bonds. The van der Waals surface area contributed by atoms with E-state index in [4.69, 9.17) is 9.47 Å². The molecule has 0 saturated carbocycles. The van der Waals surface area contributed by atoms with E-state index < -0.39 is 51.7 Å². The molecule has 0 radical (unpaired) electrons. The number of esters is 1. The molecular weight excluding hydrogens is 632 g/mol. The number of aromatic nitrogens is 1. The minimum absolute atomic E-state index is 0.0650. The summed E-state index contributed by atoms with van der Waals surface area (Å²) in [5, 5.41) is 0.960. The first-order valence-corrected chi connectivity index (χ1v) is 17.2. The summed E-state index contributed by atoms with van der Waals surface area (Å²) in [6.07, 6.45) is -0.635. The molecule has 2 aromatic carbocycles. The molecule has 3 aromatic rings. The topological polar surface area (TPSA) is 127 Å². The molecule has 0 bridgehead atoms. The summed E-state index contributed by atoms with van der Waals surface area (Å²) in [7, 11) is -4.14. The Kier molecular flexibility index (Phi) is 10.9. The number of thioether (sulfide) groups is 1. The summed E-state index contributed by atoms with van der Waals surface area (Å²) in [6, 6.07) is 16.0. The summed E-state index contributed by atoms with van der Waals surface area (Å²) in [5.41, 5.74) is 0.395. The number of carbonyl (C=O) groups excluding carboxylic acids is 2. The van der Waals surface area contributed by atoms with Crippen LogP contribution in [0.2, 0.25) is 0 Å². The average molecular weight is 671 g/mol. The summed E-state index contributed by atoms with van der Waals surface area (Å²) >= 11 is 1.68. The van der Waals surface area contributed by atoms with E-state index in [1.165, 1.54) is 18.2 Å². The zero-order valence-corrected chi connectivity index (χ0v) is 28.4. The highest BCUT2D eigenvalue weighted by Crippen LogP contribution is 2.26. The Labute approximate surface area is 273 Å². The number of sulfonamides is 1. The van der Waals surface area contributed by atoms with Gasteiger partial charge in [-0.3, -0.25) is 14.7 Å². The molecule has 1 N–H and O–H groups in total. The van der Waals surface area contributed by atoms with Crippen LogP contribution >= 0.6 is 11.8 Å². The lowest BCUT2D eigenvalue weighted by Gasteiger charge is -2.28. The zero-order chi connectivity index (χ0) is 33.7. The first-order chi connectivity index (χ1) is 21.5. The second kappa shape index (κ2) is 14.3. The second-order valence-corrected chi connectivity index (χ2v) is 15.4. The molecule has 0 spiro atoms. The molecule has 4 rings (SSSR count). The Balaban J connectivity index is 1.71. The Bertz CT molecular complexity index is 1680. The number of pyridine rings is 1. The molecular formula is C33H39FN4O6S2. The van der Waals surface area contributed by atoms with Gasteiger partial charge in [-0.15, -0.1) is 11.8 Å². The van der Waals surface area contributed by atoms with Crippen molar-refractivity contribution in [2.24, 2.45) is 4.99 Å². The van der Waals surface area contributed by atoms with Gasteiger partial charge < -0.3 is 9.47 Å². The molecule has 1 aliphatic heterocycles. The Morgan fingerprint density at radius 3 is 2.20 bits per heavy atom. The van der Waals surface area contributed by atoms with Gasteiger partial charge in [0.2, 0.25) is 10.0 Å². The highest BCUT2D eigenvalue weighted by atomic mass is 32.2. The van der Waals surface area contributed by atoms with E-state index >= 15 is 0 Å². The van der Waals surface area contributed by atoms with Crippen LogP contribution in [-0.2, 0) is 30.7 Å². The fraction of sp³-hybridized carbons (Fsp3) is 0.394. The summed E-state index contributed by atoms with van der Waals surface area (Å²) in [4.78, 5) is 36.3. The number of rotatable bonds is 10. The molecule has 246 valence electrons. The lowest BCUT2D eigenvalue weighted by Crippen LogP contribution is -2.42. The monoisotopic (exact) mass is 670 g/mol. The van der Waals surface area contributed by atoms with Gasteiger partial charge in [0.15, 0.2) is 0 Å². The van der Waals surface area contributed by atoms with E-state index in [2.05, 4.69) is 14.7 Å². The maximum Gasteiger partial charge on any atom is 0.416 e. The van der Waals surface area contributed by atoms with Crippen LogP contribution < -0.4 is 9.62 Å². The number of amides is 1. The Morgan fingerprint density at radius 1 is 0.957 bits per heavy atom. The fourth-order valence-corrected chi connectivity index (χ4v) is 6.52. The van der Waals surface area contributed by atoms with Gasteiger partial charge in [-0.05, 0) is 89.9 Å². The molecule has 0 saturated heterocycles. The van der Waals surface area contributed by atoms with Crippen molar-refractivity contribution in [3.8, 4) is 0 Å². The lowest BCUT2D eigenvalue weighted by molar-refractivity contribution is -0.153. The van der Waals surface area contributed by atoms with E-state index in [1.807, 2.05) is 24.3 Å². The maximum atomic E-state index is 13.6. The van der Waals surface area contributed by atoms with Gasteiger partial charge in [0.25, 0.3) is 0 Å². The predicted molar refractivity (Wildman–Crippen MR) is 177 cm³/mol. The van der Waals surface area contributed by atoms with Gasteiger partial charge in [-0.25, -0.2) is 27.3 Å². The molecule has 13 heteroatoms. The molecule has 10 nitrogen and oxygen atoms in total. The average Bonchev–Trinajstić information content (AvgIpc) is 3.49. The molecule has 0 aliphatic carbocycles. The molecule has 1 aliphatic rings. The number of hydrogen-bond donors (Lipinski definition) is 1. The number of ether oxygens (including phenoxy) is 2. The van der Waals surface area contributed by atoms with Gasteiger partial charge in [0.05, 0.1) is 21.7 Å². The highest BCUT2D eigenvalue weighted by Gasteiger charge is 2.30. The third-order valence-electron chi connectivity index (χ3n) is 6.36. The van der Waals surface area contributed by atoms with E-state index in [0.29, 0.717) is 0 Å². The van der Waals surface area contributed by atoms with Gasteiger partial charge in [0, 0.05) is 17.9 Å². The van der Waals surface area contributed by atoms with Crippen molar-refractivity contribution in [2.75, 3.05) is 23.7 Å². The molecule has 0 fully saturated rings. The molecule has 1 atom stereocenters. The van der Waals surface area contributed by atoms with Crippen molar-refractivity contribution in [1.29, 1.82) is 0 Å². The third-order valence-corrected chi connectivity index (χ3v) is 8.87. The van der Waals surface area contributed by atoms with Crippen molar-refractivity contribution < 1.29 is 31.9 Å². The third kappa shape index (κ3) is 10.1. The second-order valence-electron chi connectivity index (χ2n) is 12.6. The number of nitrogens with zero attached hydrogens (tertiary/aromatic N) is 3. The van der Waals surface area contributed by atoms with Crippen LogP contribution in [-0.4, -0.2) is 60.6 Å². The van der Waals surface area contributed by atoms with Crippen LogP contribution in [0, 0.1) is 5.82 Å². The first kappa shape index (κ1) is 35.1. The first-order valence-electron chi connectivity index (χ1n) is 14.7. The lowest BCUT2D eigenvalue weighted by atomic mass is 10.0. The highest BCUT2D eigenvalue weighted by molar-refractivity contribution is 8.14. The number of aliphatic imine (C=N–C) groups is 1. The van der Waals surface area contributed by atoms with E-state index in [0.717, 1.165) is 45.5 Å². The maximum absolute atomic E-state index is 13.6. The zero-order valence-electron chi connectivity index (χ0n) is 26.7. The summed E-state index contributed by atoms with van der Waals surface area (Å²) < 4.78 is 54.3. The van der Waals surface area contributed by atoms with E-state index in [1.54, 1.807) is 65.4 Å². The van der Waals surface area contributed by atoms with Crippen molar-refractivity contribution in [3.63, 3.8) is 0 Å². The number of nitrogens with one attached hydrogen (secondary N) is 1. The van der Waals surface area contributed by atoms with Gasteiger partial charge in [-0.1, -0.05) is 30.3 Å². The van der Waals surface area contributed by atoms with E-state index in [-0.39, 0.29) is 22.8 Å². The fourth-order valence-electron chi connectivity index (χ4n) is 4.45. The van der Waals surface area contributed by atoms with Crippen LogP contribution in [0.1, 0.15) is 64.4 Å². The van der Waals surface area contributed by atoms with Crippen LogP contribution in [0.15, 0.2) is 76.6 Å². The van der Waals surface area contributed by atoms with Crippen LogP contribution in [0.25, 0.3) is 0 Å². The van der Waals surface area contributed by atoms with Crippen molar-refractivity contribution in [2.45, 2.75) is 70.1 Å². The SMILES string of the molecule is CC(C)(C)OC(=O)CN(C(=O)OC(C)(C)C)c1cccc(C(Cc2ccc(C3=NCCS3)cc2)NS(=O)(=O)c2ccc(F)cc2)n1.